The summed E-state index contributed by atoms with van der Waals surface area (Å²) in [5.74, 6) is 2.10. The van der Waals surface area contributed by atoms with Gasteiger partial charge in [-0.3, -0.25) is 0 Å². The summed E-state index contributed by atoms with van der Waals surface area (Å²) in [4.78, 5) is 2.50. The fourth-order valence-corrected chi connectivity index (χ4v) is 4.16. The summed E-state index contributed by atoms with van der Waals surface area (Å²) in [5.41, 5.74) is 8.86. The third-order valence-electron chi connectivity index (χ3n) is 4.47. The average Bonchev–Trinajstić information content (AvgIpc) is 3.06. The summed E-state index contributed by atoms with van der Waals surface area (Å²) >= 11 is 1.59. The van der Waals surface area contributed by atoms with E-state index in [9.17, 15) is 0 Å². The van der Waals surface area contributed by atoms with Gasteiger partial charge < -0.3 is 10.6 Å². The summed E-state index contributed by atoms with van der Waals surface area (Å²) in [5, 5.41) is 1.34. The fraction of sp³-hybridized carbons (Fsp3) is 0.438. The number of benzene rings is 1. The van der Waals surface area contributed by atoms with Crippen LogP contribution in [0.2, 0.25) is 0 Å². The Hall–Kier alpha value is -1.55. The van der Waals surface area contributed by atoms with Crippen LogP contribution in [0.5, 0.6) is 0 Å². The molecule has 1 aromatic heterocycles. The fourth-order valence-electron chi connectivity index (χ4n) is 3.23. The van der Waals surface area contributed by atoms with Gasteiger partial charge in [0.05, 0.1) is 0 Å². The zero-order valence-corrected chi connectivity index (χ0v) is 12.3. The SMILES string of the molecule is Nc1nsc(N2CCC(c3ccccc3)C2)c1C1CC1. The molecule has 1 atom stereocenters. The van der Waals surface area contributed by atoms with E-state index < -0.39 is 0 Å². The van der Waals surface area contributed by atoms with Crippen molar-refractivity contribution in [2.75, 3.05) is 23.7 Å². The van der Waals surface area contributed by atoms with Crippen molar-refractivity contribution in [2.45, 2.75) is 31.1 Å². The molecule has 3 nitrogen and oxygen atoms in total. The van der Waals surface area contributed by atoms with Crippen LogP contribution in [0.15, 0.2) is 30.3 Å². The second-order valence-electron chi connectivity index (χ2n) is 5.90. The third kappa shape index (κ3) is 2.08. The molecule has 0 amide bonds. The first-order valence-electron chi connectivity index (χ1n) is 7.38. The number of nitrogens with zero attached hydrogens (tertiary/aromatic N) is 2. The van der Waals surface area contributed by atoms with Gasteiger partial charge in [-0.1, -0.05) is 30.3 Å². The number of nitrogen functional groups attached to an aromatic ring is 1. The largest absolute Gasteiger partial charge is 0.383 e. The molecule has 1 unspecified atom stereocenters. The Morgan fingerprint density at radius 1 is 1.10 bits per heavy atom. The van der Waals surface area contributed by atoms with E-state index in [1.807, 2.05) is 0 Å². The van der Waals surface area contributed by atoms with Crippen molar-refractivity contribution in [3.63, 3.8) is 0 Å². The van der Waals surface area contributed by atoms with Gasteiger partial charge in [0, 0.05) is 24.6 Å². The lowest BCUT2D eigenvalue weighted by atomic mass is 9.99. The highest BCUT2D eigenvalue weighted by Crippen LogP contribution is 2.49. The number of aromatic nitrogens is 1. The number of hydrogen-bond donors (Lipinski definition) is 1. The molecule has 2 heterocycles. The summed E-state index contributed by atoms with van der Waals surface area (Å²) in [6.45, 7) is 2.23. The molecule has 2 N–H and O–H groups in total. The van der Waals surface area contributed by atoms with Crippen molar-refractivity contribution >= 4 is 22.4 Å². The van der Waals surface area contributed by atoms with Crippen LogP contribution in [-0.4, -0.2) is 17.5 Å². The minimum atomic E-state index is 0.645. The molecule has 0 radical (unpaired) electrons. The Balaban J connectivity index is 1.57. The molecule has 2 fully saturated rings. The predicted molar refractivity (Wildman–Crippen MR) is 84.5 cm³/mol. The van der Waals surface area contributed by atoms with Crippen molar-refractivity contribution in [1.29, 1.82) is 0 Å². The monoisotopic (exact) mass is 285 g/mol. The van der Waals surface area contributed by atoms with Crippen LogP contribution < -0.4 is 10.6 Å². The van der Waals surface area contributed by atoms with Crippen molar-refractivity contribution in [3.8, 4) is 0 Å². The minimum Gasteiger partial charge on any atom is -0.383 e. The Morgan fingerprint density at radius 3 is 2.65 bits per heavy atom. The zero-order valence-electron chi connectivity index (χ0n) is 11.5. The maximum Gasteiger partial charge on any atom is 0.142 e. The molecule has 1 aliphatic carbocycles. The highest BCUT2D eigenvalue weighted by Gasteiger charge is 2.34. The maximum atomic E-state index is 6.07. The van der Waals surface area contributed by atoms with E-state index in [1.54, 1.807) is 11.5 Å². The highest BCUT2D eigenvalue weighted by molar-refractivity contribution is 7.10. The van der Waals surface area contributed by atoms with Gasteiger partial charge in [-0.15, -0.1) is 0 Å². The van der Waals surface area contributed by atoms with Crippen LogP contribution in [0, 0.1) is 0 Å². The molecular formula is C16H19N3S. The van der Waals surface area contributed by atoms with Gasteiger partial charge in [-0.05, 0) is 42.3 Å². The van der Waals surface area contributed by atoms with Crippen LogP contribution in [0.25, 0.3) is 0 Å². The molecule has 1 aliphatic heterocycles. The van der Waals surface area contributed by atoms with Crippen molar-refractivity contribution in [1.82, 2.24) is 4.37 Å². The Morgan fingerprint density at radius 2 is 1.90 bits per heavy atom. The van der Waals surface area contributed by atoms with Gasteiger partial charge in [-0.25, -0.2) is 0 Å². The lowest BCUT2D eigenvalue weighted by molar-refractivity contribution is 0.775. The summed E-state index contributed by atoms with van der Waals surface area (Å²) in [6.07, 6.45) is 3.79. The predicted octanol–water partition coefficient (Wildman–Crippen LogP) is 3.60. The van der Waals surface area contributed by atoms with Crippen LogP contribution in [0.1, 0.15) is 42.2 Å². The Kier molecular flexibility index (Phi) is 2.91. The van der Waals surface area contributed by atoms with E-state index in [2.05, 4.69) is 39.6 Å². The standard InChI is InChI=1S/C16H19N3S/c17-15-14(12-6-7-12)16(20-18-15)19-9-8-13(10-19)11-4-2-1-3-5-11/h1-5,12-13H,6-10H2,(H2,17,18). The molecule has 2 aromatic rings. The molecule has 1 saturated carbocycles. The quantitative estimate of drug-likeness (QED) is 0.937. The van der Waals surface area contributed by atoms with Gasteiger partial charge in [0.25, 0.3) is 0 Å². The molecule has 1 saturated heterocycles. The van der Waals surface area contributed by atoms with Crippen LogP contribution >= 0.6 is 11.5 Å². The topological polar surface area (TPSA) is 42.1 Å². The van der Waals surface area contributed by atoms with Crippen molar-refractivity contribution in [2.24, 2.45) is 0 Å². The molecular weight excluding hydrogens is 266 g/mol. The van der Waals surface area contributed by atoms with E-state index in [4.69, 9.17) is 5.73 Å². The molecule has 0 bridgehead atoms. The third-order valence-corrected chi connectivity index (χ3v) is 5.41. The van der Waals surface area contributed by atoms with Crippen molar-refractivity contribution in [3.05, 3.63) is 41.5 Å². The van der Waals surface area contributed by atoms with Gasteiger partial charge in [-0.2, -0.15) is 4.37 Å². The van der Waals surface area contributed by atoms with Crippen LogP contribution in [-0.2, 0) is 0 Å². The number of hydrogen-bond acceptors (Lipinski definition) is 4. The molecule has 1 aromatic carbocycles. The normalized spacial score (nSPS) is 22.4. The lowest BCUT2D eigenvalue weighted by Crippen LogP contribution is -2.19. The van der Waals surface area contributed by atoms with Gasteiger partial charge in [0.1, 0.15) is 10.8 Å². The van der Waals surface area contributed by atoms with Crippen LogP contribution in [0.3, 0.4) is 0 Å². The Labute approximate surface area is 123 Å². The number of nitrogens with two attached hydrogens (primary N) is 1. The highest BCUT2D eigenvalue weighted by atomic mass is 32.1. The smallest absolute Gasteiger partial charge is 0.142 e. The van der Waals surface area contributed by atoms with E-state index in [0.29, 0.717) is 11.8 Å². The van der Waals surface area contributed by atoms with E-state index >= 15 is 0 Å². The summed E-state index contributed by atoms with van der Waals surface area (Å²) in [7, 11) is 0. The average molecular weight is 285 g/mol. The van der Waals surface area contributed by atoms with Gasteiger partial charge in [0.2, 0.25) is 0 Å². The summed E-state index contributed by atoms with van der Waals surface area (Å²) in [6, 6.07) is 10.9. The van der Waals surface area contributed by atoms with Gasteiger partial charge >= 0.3 is 0 Å². The van der Waals surface area contributed by atoms with E-state index in [1.165, 1.54) is 35.4 Å². The van der Waals surface area contributed by atoms with Crippen molar-refractivity contribution < 1.29 is 0 Å². The second-order valence-corrected chi connectivity index (χ2v) is 6.66. The number of anilines is 2. The first-order valence-corrected chi connectivity index (χ1v) is 8.15. The van der Waals surface area contributed by atoms with Crippen LogP contribution in [0.4, 0.5) is 10.8 Å². The summed E-state index contributed by atoms with van der Waals surface area (Å²) < 4.78 is 4.40. The first-order chi connectivity index (χ1) is 9.83. The molecule has 4 rings (SSSR count). The molecule has 2 aliphatic rings. The number of rotatable bonds is 3. The lowest BCUT2D eigenvalue weighted by Gasteiger charge is -2.18. The van der Waals surface area contributed by atoms with E-state index in [0.717, 1.165) is 18.9 Å². The molecule has 20 heavy (non-hydrogen) atoms. The molecule has 4 heteroatoms. The Bertz CT molecular complexity index is 603. The minimum absolute atomic E-state index is 0.645. The molecule has 0 spiro atoms. The molecule has 104 valence electrons. The first kappa shape index (κ1) is 12.2. The van der Waals surface area contributed by atoms with Gasteiger partial charge in [0.15, 0.2) is 0 Å². The van der Waals surface area contributed by atoms with E-state index in [-0.39, 0.29) is 0 Å². The maximum absolute atomic E-state index is 6.07. The zero-order chi connectivity index (χ0) is 13.5. The second kappa shape index (κ2) is 4.77.